The molecule has 8 nitrogen and oxygen atoms in total. The third kappa shape index (κ3) is 3.55. The van der Waals surface area contributed by atoms with Crippen LogP contribution in [0, 0.1) is 5.82 Å². The van der Waals surface area contributed by atoms with Gasteiger partial charge in [0, 0.05) is 48.7 Å². The molecular weight excluding hydrogens is 435 g/mol. The number of nitrogens with zero attached hydrogens (tertiary/aromatic N) is 5. The smallest absolute Gasteiger partial charge is 0.275 e. The van der Waals surface area contributed by atoms with Crippen LogP contribution in [-0.4, -0.2) is 51.3 Å². The quantitative estimate of drug-likeness (QED) is 0.595. The second-order valence-corrected chi connectivity index (χ2v) is 9.31. The van der Waals surface area contributed by atoms with Crippen LogP contribution in [-0.2, 0) is 7.05 Å². The van der Waals surface area contributed by atoms with Gasteiger partial charge in [-0.3, -0.25) is 9.48 Å². The van der Waals surface area contributed by atoms with Gasteiger partial charge in [-0.15, -0.1) is 0 Å². The molecule has 2 aromatic heterocycles. The summed E-state index contributed by atoms with van der Waals surface area (Å²) in [4.78, 5) is 22.1. The Kier molecular flexibility index (Phi) is 4.93. The second kappa shape index (κ2) is 8.00. The number of nitrogens with two attached hydrogens (primary N) is 1. The van der Waals surface area contributed by atoms with Crippen LogP contribution in [0.25, 0.3) is 11.1 Å². The highest BCUT2D eigenvalue weighted by atomic mass is 19.1. The topological polar surface area (TPSA) is 89.5 Å². The summed E-state index contributed by atoms with van der Waals surface area (Å²) in [6.07, 6.45) is 7.29. The molecule has 2 fully saturated rings. The van der Waals surface area contributed by atoms with Gasteiger partial charge in [0.1, 0.15) is 24.0 Å². The summed E-state index contributed by atoms with van der Waals surface area (Å²) < 4.78 is 22.2. The number of carbonyl (C=O) groups is 1. The highest BCUT2D eigenvalue weighted by Crippen LogP contribution is 2.43. The highest BCUT2D eigenvalue weighted by molar-refractivity contribution is 5.99. The third-order valence-corrected chi connectivity index (χ3v) is 6.97. The van der Waals surface area contributed by atoms with Gasteiger partial charge in [-0.05, 0) is 49.9 Å². The number of benzene rings is 1. The molecule has 0 spiro atoms. The maximum Gasteiger partial charge on any atom is 0.275 e. The Morgan fingerprint density at radius 3 is 2.82 bits per heavy atom. The number of pyridine rings is 1. The highest BCUT2D eigenvalue weighted by Gasteiger charge is 2.36. The summed E-state index contributed by atoms with van der Waals surface area (Å²) in [7, 11) is 1.81. The molecule has 0 unspecified atom stereocenters. The number of halogens is 1. The Morgan fingerprint density at radius 1 is 1.15 bits per heavy atom. The van der Waals surface area contributed by atoms with E-state index in [1.54, 1.807) is 23.0 Å². The third-order valence-electron chi connectivity index (χ3n) is 6.97. The van der Waals surface area contributed by atoms with E-state index >= 15 is 0 Å². The number of anilines is 2. The summed E-state index contributed by atoms with van der Waals surface area (Å²) in [6, 6.07) is 6.74. The molecule has 34 heavy (non-hydrogen) atoms. The van der Waals surface area contributed by atoms with Crippen molar-refractivity contribution in [2.75, 3.05) is 30.3 Å². The Morgan fingerprint density at radius 2 is 2.00 bits per heavy atom. The van der Waals surface area contributed by atoms with Crippen LogP contribution in [0.4, 0.5) is 15.9 Å². The van der Waals surface area contributed by atoms with Crippen molar-refractivity contribution in [1.82, 2.24) is 19.7 Å². The molecule has 1 aromatic carbocycles. The largest absolute Gasteiger partial charge is 0.491 e. The van der Waals surface area contributed by atoms with Crippen molar-refractivity contribution >= 4 is 17.4 Å². The van der Waals surface area contributed by atoms with Gasteiger partial charge in [-0.1, -0.05) is 0 Å². The van der Waals surface area contributed by atoms with E-state index in [0.717, 1.165) is 54.6 Å². The monoisotopic (exact) mass is 462 g/mol. The van der Waals surface area contributed by atoms with E-state index < -0.39 is 0 Å². The van der Waals surface area contributed by atoms with E-state index in [2.05, 4.69) is 15.0 Å². The Bertz CT molecular complexity index is 1270. The summed E-state index contributed by atoms with van der Waals surface area (Å²) in [5.74, 6) is 0.623. The fourth-order valence-electron chi connectivity index (χ4n) is 5.21. The van der Waals surface area contributed by atoms with Crippen molar-refractivity contribution in [3.8, 4) is 16.9 Å². The van der Waals surface area contributed by atoms with Gasteiger partial charge in [0.05, 0.1) is 18.3 Å². The minimum absolute atomic E-state index is 0.0810. The van der Waals surface area contributed by atoms with Crippen molar-refractivity contribution < 1.29 is 13.9 Å². The number of fused-ring (bicyclic) bond motifs is 8. The number of ether oxygens (including phenoxy) is 1. The summed E-state index contributed by atoms with van der Waals surface area (Å²) in [6.45, 7) is 1.53. The van der Waals surface area contributed by atoms with Gasteiger partial charge in [0.25, 0.3) is 5.91 Å². The van der Waals surface area contributed by atoms with Gasteiger partial charge in [0.2, 0.25) is 0 Å². The number of nitrogen functional groups attached to an aromatic ring is 1. The van der Waals surface area contributed by atoms with E-state index in [9.17, 15) is 9.18 Å². The van der Waals surface area contributed by atoms with Crippen LogP contribution >= 0.6 is 0 Å². The summed E-state index contributed by atoms with van der Waals surface area (Å²) in [5.41, 5.74) is 9.84. The second-order valence-electron chi connectivity index (χ2n) is 9.31. The number of hydrogen-bond acceptors (Lipinski definition) is 6. The lowest BCUT2D eigenvalue weighted by atomic mass is 10.0. The molecule has 0 radical (unpaired) electrons. The maximum atomic E-state index is 14.3. The lowest BCUT2D eigenvalue weighted by molar-refractivity contribution is 0.0709. The predicted molar refractivity (Wildman–Crippen MR) is 126 cm³/mol. The van der Waals surface area contributed by atoms with Crippen LogP contribution in [0.1, 0.15) is 47.8 Å². The van der Waals surface area contributed by atoms with Crippen molar-refractivity contribution in [2.24, 2.45) is 7.05 Å². The Balaban J connectivity index is 1.53. The van der Waals surface area contributed by atoms with E-state index in [1.807, 2.05) is 24.2 Å². The van der Waals surface area contributed by atoms with Crippen molar-refractivity contribution in [3.63, 3.8) is 0 Å². The molecule has 176 valence electrons. The van der Waals surface area contributed by atoms with Crippen LogP contribution < -0.4 is 15.4 Å². The summed E-state index contributed by atoms with van der Waals surface area (Å²) in [5, 5.41) is 4.52. The van der Waals surface area contributed by atoms with Crippen LogP contribution in [0.2, 0.25) is 0 Å². The fourth-order valence-corrected chi connectivity index (χ4v) is 5.21. The van der Waals surface area contributed by atoms with Gasteiger partial charge in [-0.2, -0.15) is 5.10 Å². The Hall–Kier alpha value is -3.62. The number of hydrogen-bond donors (Lipinski definition) is 1. The van der Waals surface area contributed by atoms with Gasteiger partial charge in [0.15, 0.2) is 5.69 Å². The zero-order valence-electron chi connectivity index (χ0n) is 19.1. The first-order valence-electron chi connectivity index (χ1n) is 11.8. The first kappa shape index (κ1) is 20.9. The number of aromatic nitrogens is 3. The minimum Gasteiger partial charge on any atom is -0.491 e. The maximum absolute atomic E-state index is 14.3. The molecule has 1 saturated carbocycles. The molecule has 3 aromatic rings. The number of carbonyl (C=O) groups excluding carboxylic acids is 1. The molecule has 2 N–H and O–H groups in total. The standard InChI is InChI=1S/C25H27FN6O2/c1-30-14-19-15-11-21(24(27)28-13-15)32-8-2-3-20(32)18-12-16(26)4-7-22(18)34-10-9-31(17-5-6-17)25(33)23(19)29-30/h4,7,11-14,17,20H,2-3,5-6,8-10H2,1H3,(H2,27,28)/t20-/m1/s1. The molecule has 2 aliphatic heterocycles. The van der Waals surface area contributed by atoms with E-state index in [-0.39, 0.29) is 23.8 Å². The fraction of sp³-hybridized carbons (Fsp3) is 0.400. The molecule has 1 atom stereocenters. The van der Waals surface area contributed by atoms with Crippen LogP contribution in [0.15, 0.2) is 36.7 Å². The van der Waals surface area contributed by atoms with Crippen molar-refractivity contribution in [2.45, 2.75) is 37.8 Å². The first-order chi connectivity index (χ1) is 16.5. The van der Waals surface area contributed by atoms with Gasteiger partial charge >= 0.3 is 0 Å². The molecule has 1 saturated heterocycles. The normalized spacial score (nSPS) is 20.3. The summed E-state index contributed by atoms with van der Waals surface area (Å²) >= 11 is 0. The number of aryl methyl sites for hydroxylation is 1. The van der Waals surface area contributed by atoms with E-state index in [4.69, 9.17) is 10.5 Å². The average Bonchev–Trinajstić information content (AvgIpc) is 3.40. The lowest BCUT2D eigenvalue weighted by Crippen LogP contribution is -2.37. The molecule has 1 aliphatic carbocycles. The van der Waals surface area contributed by atoms with Crippen molar-refractivity contribution in [3.05, 3.63) is 53.7 Å². The van der Waals surface area contributed by atoms with Crippen LogP contribution in [0.5, 0.6) is 5.75 Å². The van der Waals surface area contributed by atoms with Crippen molar-refractivity contribution in [1.29, 1.82) is 0 Å². The van der Waals surface area contributed by atoms with E-state index in [1.165, 1.54) is 6.07 Å². The van der Waals surface area contributed by atoms with E-state index in [0.29, 0.717) is 30.4 Å². The molecule has 1 amide bonds. The van der Waals surface area contributed by atoms with Gasteiger partial charge in [-0.25, -0.2) is 9.37 Å². The zero-order valence-corrected chi connectivity index (χ0v) is 19.1. The first-order valence-corrected chi connectivity index (χ1v) is 11.8. The number of amides is 1. The lowest BCUT2D eigenvalue weighted by Gasteiger charge is -2.30. The molecular formula is C25H27FN6O2. The SMILES string of the molecule is Cn1cc2c(n1)C(=O)N(C1CC1)CCOc1ccc(F)cc1[C@H]1CCCN1c1cc-2cnc1N. The number of rotatable bonds is 1. The molecule has 4 heterocycles. The Labute approximate surface area is 197 Å². The molecule has 3 aliphatic rings. The molecule has 2 bridgehead atoms. The average molecular weight is 463 g/mol. The van der Waals surface area contributed by atoms with Crippen LogP contribution in [0.3, 0.4) is 0 Å². The molecule has 6 rings (SSSR count). The predicted octanol–water partition coefficient (Wildman–Crippen LogP) is 3.54. The van der Waals surface area contributed by atoms with Gasteiger partial charge < -0.3 is 20.3 Å². The minimum atomic E-state index is -0.301. The zero-order chi connectivity index (χ0) is 23.4. The molecule has 9 heteroatoms.